The van der Waals surface area contributed by atoms with E-state index in [1.165, 1.54) is 11.8 Å². The van der Waals surface area contributed by atoms with Crippen molar-refractivity contribution in [2.75, 3.05) is 13.2 Å². The molecule has 1 saturated heterocycles. The van der Waals surface area contributed by atoms with Crippen LogP contribution in [0.2, 0.25) is 0 Å². The zero-order valence-corrected chi connectivity index (χ0v) is 7.99. The van der Waals surface area contributed by atoms with Crippen LogP contribution in [-0.2, 0) is 9.59 Å². The van der Waals surface area contributed by atoms with Crippen LogP contribution in [0.3, 0.4) is 0 Å². The molecule has 4 heteroatoms. The number of rotatable bonds is 2. The number of Topliss-reactive ketones (excluding diaryl/α,β-unsaturated/α-hetero) is 1. The van der Waals surface area contributed by atoms with Crippen LogP contribution in [0.1, 0.15) is 20.3 Å². The highest BCUT2D eigenvalue weighted by atomic mass is 16.3. The number of nitrogens with zero attached hydrogens (tertiary/aromatic N) is 1. The molecule has 2 atom stereocenters. The third-order valence-electron chi connectivity index (χ3n) is 2.44. The van der Waals surface area contributed by atoms with Gasteiger partial charge in [0.25, 0.3) is 0 Å². The van der Waals surface area contributed by atoms with Crippen molar-refractivity contribution in [1.29, 1.82) is 0 Å². The van der Waals surface area contributed by atoms with Gasteiger partial charge in [-0.1, -0.05) is 6.92 Å². The predicted octanol–water partition coefficient (Wildman–Crippen LogP) is -0.195. The van der Waals surface area contributed by atoms with E-state index < -0.39 is 6.61 Å². The van der Waals surface area contributed by atoms with Gasteiger partial charge in [-0.2, -0.15) is 0 Å². The van der Waals surface area contributed by atoms with Crippen molar-refractivity contribution < 1.29 is 14.7 Å². The van der Waals surface area contributed by atoms with Crippen LogP contribution in [0.5, 0.6) is 0 Å². The second kappa shape index (κ2) is 3.87. The lowest BCUT2D eigenvalue weighted by Crippen LogP contribution is -2.41. The molecule has 1 amide bonds. The molecule has 2 unspecified atom stereocenters. The Hall–Kier alpha value is -0.900. The molecule has 0 bridgehead atoms. The molecule has 0 aromatic rings. The van der Waals surface area contributed by atoms with Crippen LogP contribution >= 0.6 is 0 Å². The molecule has 0 radical (unpaired) electrons. The highest BCUT2D eigenvalue weighted by molar-refractivity contribution is 5.88. The summed E-state index contributed by atoms with van der Waals surface area (Å²) in [5.74, 6) is 0.0140. The van der Waals surface area contributed by atoms with E-state index in [9.17, 15) is 9.59 Å². The Morgan fingerprint density at radius 2 is 2.15 bits per heavy atom. The summed E-state index contributed by atoms with van der Waals surface area (Å²) in [6, 6.07) is -0.311. The van der Waals surface area contributed by atoms with Crippen LogP contribution in [0.25, 0.3) is 0 Å². The number of hydrogen-bond acceptors (Lipinski definition) is 3. The normalized spacial score (nSPS) is 27.8. The minimum absolute atomic E-state index is 0.00569. The first kappa shape index (κ1) is 10.2. The number of amides is 1. The largest absolute Gasteiger partial charge is 0.387 e. The van der Waals surface area contributed by atoms with Crippen LogP contribution in [0, 0.1) is 5.92 Å². The Balaban J connectivity index is 2.71. The van der Waals surface area contributed by atoms with E-state index in [1.807, 2.05) is 6.92 Å². The number of carbonyl (C=O) groups excluding carboxylic acids is 2. The molecule has 1 rings (SSSR count). The molecule has 0 spiro atoms. The van der Waals surface area contributed by atoms with E-state index >= 15 is 0 Å². The van der Waals surface area contributed by atoms with Gasteiger partial charge in [-0.3, -0.25) is 9.59 Å². The topological polar surface area (TPSA) is 57.6 Å². The van der Waals surface area contributed by atoms with Crippen LogP contribution in [-0.4, -0.2) is 40.9 Å². The zero-order chi connectivity index (χ0) is 10.0. The number of carbonyl (C=O) groups is 2. The van der Waals surface area contributed by atoms with E-state index in [0.717, 1.165) is 6.42 Å². The Kier molecular flexibility index (Phi) is 3.03. The molecule has 1 heterocycles. The fraction of sp³-hybridized carbons (Fsp3) is 0.778. The van der Waals surface area contributed by atoms with E-state index in [1.54, 1.807) is 0 Å². The Bertz CT molecular complexity index is 227. The van der Waals surface area contributed by atoms with Crippen molar-refractivity contribution in [3.63, 3.8) is 0 Å². The van der Waals surface area contributed by atoms with Gasteiger partial charge in [-0.05, 0) is 19.3 Å². The number of aliphatic hydroxyl groups excluding tert-OH is 1. The Morgan fingerprint density at radius 1 is 1.54 bits per heavy atom. The maximum atomic E-state index is 11.2. The highest BCUT2D eigenvalue weighted by Crippen LogP contribution is 2.23. The Labute approximate surface area is 77.5 Å². The maximum absolute atomic E-state index is 11.2. The third-order valence-corrected chi connectivity index (χ3v) is 2.44. The van der Waals surface area contributed by atoms with Crippen LogP contribution < -0.4 is 0 Å². The second-order valence-corrected chi connectivity index (χ2v) is 3.67. The SMILES string of the molecule is CC(=O)C1CC(C)CN1C(=O)CO. The molecule has 1 fully saturated rings. The highest BCUT2D eigenvalue weighted by Gasteiger charge is 2.35. The van der Waals surface area contributed by atoms with Crippen molar-refractivity contribution in [2.24, 2.45) is 5.92 Å². The summed E-state index contributed by atoms with van der Waals surface area (Å²) in [5.41, 5.74) is 0. The lowest BCUT2D eigenvalue weighted by atomic mass is 10.1. The quantitative estimate of drug-likeness (QED) is 0.648. The average Bonchev–Trinajstić information content (AvgIpc) is 2.46. The van der Waals surface area contributed by atoms with Gasteiger partial charge < -0.3 is 10.0 Å². The lowest BCUT2D eigenvalue weighted by Gasteiger charge is -2.21. The molecular weight excluding hydrogens is 170 g/mol. The van der Waals surface area contributed by atoms with Gasteiger partial charge in [0.1, 0.15) is 6.61 Å². The number of aliphatic hydroxyl groups is 1. The molecule has 0 aromatic heterocycles. The van der Waals surface area contributed by atoms with Crippen molar-refractivity contribution in [2.45, 2.75) is 26.3 Å². The summed E-state index contributed by atoms with van der Waals surface area (Å²) >= 11 is 0. The van der Waals surface area contributed by atoms with Gasteiger partial charge in [-0.15, -0.1) is 0 Å². The summed E-state index contributed by atoms with van der Waals surface area (Å²) in [5, 5.41) is 8.68. The molecule has 1 aliphatic rings. The van der Waals surface area contributed by atoms with Crippen LogP contribution in [0.15, 0.2) is 0 Å². The lowest BCUT2D eigenvalue weighted by molar-refractivity contribution is -0.139. The Morgan fingerprint density at radius 3 is 2.62 bits per heavy atom. The fourth-order valence-corrected chi connectivity index (χ4v) is 1.80. The zero-order valence-electron chi connectivity index (χ0n) is 7.99. The van der Waals surface area contributed by atoms with E-state index in [0.29, 0.717) is 12.5 Å². The maximum Gasteiger partial charge on any atom is 0.248 e. The van der Waals surface area contributed by atoms with Gasteiger partial charge in [0.2, 0.25) is 5.91 Å². The van der Waals surface area contributed by atoms with Gasteiger partial charge in [0.05, 0.1) is 6.04 Å². The molecule has 1 aliphatic heterocycles. The minimum Gasteiger partial charge on any atom is -0.387 e. The van der Waals surface area contributed by atoms with Gasteiger partial charge >= 0.3 is 0 Å². The van der Waals surface area contributed by atoms with Crippen LogP contribution in [0.4, 0.5) is 0 Å². The average molecular weight is 185 g/mol. The number of hydrogen-bond donors (Lipinski definition) is 1. The van der Waals surface area contributed by atoms with Crippen molar-refractivity contribution in [3.8, 4) is 0 Å². The molecule has 74 valence electrons. The predicted molar refractivity (Wildman–Crippen MR) is 47.0 cm³/mol. The second-order valence-electron chi connectivity index (χ2n) is 3.67. The summed E-state index contributed by atoms with van der Waals surface area (Å²) < 4.78 is 0. The molecule has 1 N–H and O–H groups in total. The molecule has 0 aromatic carbocycles. The fourth-order valence-electron chi connectivity index (χ4n) is 1.80. The summed E-state index contributed by atoms with van der Waals surface area (Å²) in [6.45, 7) is 3.57. The van der Waals surface area contributed by atoms with E-state index in [4.69, 9.17) is 5.11 Å². The van der Waals surface area contributed by atoms with Crippen molar-refractivity contribution in [3.05, 3.63) is 0 Å². The first-order valence-electron chi connectivity index (χ1n) is 4.47. The van der Waals surface area contributed by atoms with Crippen molar-refractivity contribution in [1.82, 2.24) is 4.90 Å². The summed E-state index contributed by atoms with van der Waals surface area (Å²) in [6.07, 6.45) is 0.723. The molecule has 0 saturated carbocycles. The minimum atomic E-state index is -0.503. The molecule has 13 heavy (non-hydrogen) atoms. The summed E-state index contributed by atoms with van der Waals surface area (Å²) in [4.78, 5) is 23.8. The van der Waals surface area contributed by atoms with Crippen molar-refractivity contribution >= 4 is 11.7 Å². The molecule has 0 aliphatic carbocycles. The molecule has 4 nitrogen and oxygen atoms in total. The third kappa shape index (κ3) is 2.06. The number of ketones is 1. The van der Waals surface area contributed by atoms with Gasteiger partial charge in [0.15, 0.2) is 5.78 Å². The molecular formula is C9H15NO3. The van der Waals surface area contributed by atoms with E-state index in [2.05, 4.69) is 0 Å². The van der Waals surface area contributed by atoms with E-state index in [-0.39, 0.29) is 17.7 Å². The van der Waals surface area contributed by atoms with Gasteiger partial charge in [-0.25, -0.2) is 0 Å². The number of likely N-dealkylation sites (tertiary alicyclic amines) is 1. The first-order chi connectivity index (χ1) is 6.06. The first-order valence-corrected chi connectivity index (χ1v) is 4.47. The smallest absolute Gasteiger partial charge is 0.248 e. The standard InChI is InChI=1S/C9H15NO3/c1-6-3-8(7(2)12)10(4-6)9(13)5-11/h6,8,11H,3-5H2,1-2H3. The van der Waals surface area contributed by atoms with Gasteiger partial charge in [0, 0.05) is 6.54 Å². The monoisotopic (exact) mass is 185 g/mol. The summed E-state index contributed by atoms with van der Waals surface area (Å²) in [7, 11) is 0.